The molecular formula is C17H17NO5. The minimum atomic E-state index is -1.08. The quantitative estimate of drug-likeness (QED) is 0.856. The molecule has 6 nitrogen and oxygen atoms in total. The van der Waals surface area contributed by atoms with Crippen LogP contribution in [0.2, 0.25) is 0 Å². The first-order chi connectivity index (χ1) is 11.0. The van der Waals surface area contributed by atoms with E-state index in [2.05, 4.69) is 5.32 Å². The van der Waals surface area contributed by atoms with Crippen molar-refractivity contribution in [2.45, 2.75) is 13.5 Å². The van der Waals surface area contributed by atoms with Crippen LogP contribution in [0.25, 0.3) is 0 Å². The van der Waals surface area contributed by atoms with E-state index in [1.54, 1.807) is 43.5 Å². The van der Waals surface area contributed by atoms with Crippen molar-refractivity contribution >= 4 is 17.6 Å². The van der Waals surface area contributed by atoms with E-state index in [0.717, 1.165) is 0 Å². The Morgan fingerprint density at radius 3 is 2.30 bits per heavy atom. The van der Waals surface area contributed by atoms with E-state index in [-0.39, 0.29) is 18.1 Å². The van der Waals surface area contributed by atoms with Gasteiger partial charge in [0.25, 0.3) is 0 Å². The number of nitrogens with one attached hydrogen (secondary N) is 1. The summed E-state index contributed by atoms with van der Waals surface area (Å²) in [6.45, 7) is 1.47. The Bertz CT molecular complexity index is 709. The zero-order valence-corrected chi connectivity index (χ0v) is 12.8. The second kappa shape index (κ2) is 7.31. The molecule has 2 N–H and O–H groups in total. The number of carbonyl (C=O) groups is 2. The average Bonchev–Trinajstić information content (AvgIpc) is 2.53. The molecule has 0 atom stereocenters. The fourth-order valence-electron chi connectivity index (χ4n) is 2.02. The van der Waals surface area contributed by atoms with Crippen molar-refractivity contribution in [3.05, 3.63) is 53.6 Å². The Balaban J connectivity index is 2.14. The smallest absolute Gasteiger partial charge is 0.336 e. The molecule has 0 heterocycles. The Morgan fingerprint density at radius 2 is 1.74 bits per heavy atom. The van der Waals surface area contributed by atoms with Gasteiger partial charge in [-0.3, -0.25) is 4.79 Å². The fraction of sp³-hybridized carbons (Fsp3) is 0.176. The molecule has 0 fully saturated rings. The zero-order valence-electron chi connectivity index (χ0n) is 12.8. The van der Waals surface area contributed by atoms with Crippen LogP contribution in [-0.4, -0.2) is 24.1 Å². The van der Waals surface area contributed by atoms with Crippen LogP contribution in [0, 0.1) is 0 Å². The van der Waals surface area contributed by atoms with Crippen LogP contribution in [0.1, 0.15) is 22.8 Å². The molecular weight excluding hydrogens is 298 g/mol. The molecule has 0 aliphatic carbocycles. The summed E-state index contributed by atoms with van der Waals surface area (Å²) >= 11 is 0. The summed E-state index contributed by atoms with van der Waals surface area (Å²) in [6.07, 6.45) is 0. The number of carboxylic acids is 1. The Hall–Kier alpha value is -3.02. The third-order valence-corrected chi connectivity index (χ3v) is 3.11. The molecule has 0 bridgehead atoms. The van der Waals surface area contributed by atoms with Crippen LogP contribution in [0.3, 0.4) is 0 Å². The maximum Gasteiger partial charge on any atom is 0.336 e. The molecule has 0 spiro atoms. The topological polar surface area (TPSA) is 84.9 Å². The van der Waals surface area contributed by atoms with Gasteiger partial charge >= 0.3 is 5.97 Å². The molecule has 1 amide bonds. The van der Waals surface area contributed by atoms with Gasteiger partial charge in [0.15, 0.2) is 0 Å². The summed E-state index contributed by atoms with van der Waals surface area (Å²) < 4.78 is 10.7. The maximum absolute atomic E-state index is 11.4. The lowest BCUT2D eigenvalue weighted by atomic mass is 10.1. The van der Waals surface area contributed by atoms with Gasteiger partial charge in [-0.05, 0) is 36.4 Å². The first kappa shape index (κ1) is 16.4. The van der Waals surface area contributed by atoms with Crippen molar-refractivity contribution in [3.8, 4) is 11.5 Å². The number of hydrogen-bond acceptors (Lipinski definition) is 4. The lowest BCUT2D eigenvalue weighted by molar-refractivity contribution is -0.114. The molecule has 2 aromatic carbocycles. The fourth-order valence-corrected chi connectivity index (χ4v) is 2.02. The Labute approximate surface area is 133 Å². The van der Waals surface area contributed by atoms with E-state index >= 15 is 0 Å². The van der Waals surface area contributed by atoms with Crippen LogP contribution < -0.4 is 14.8 Å². The number of hydrogen-bond donors (Lipinski definition) is 2. The van der Waals surface area contributed by atoms with Gasteiger partial charge in [0.05, 0.1) is 12.7 Å². The van der Waals surface area contributed by atoms with Crippen molar-refractivity contribution in [2.75, 3.05) is 12.4 Å². The normalized spacial score (nSPS) is 10.0. The first-order valence-electron chi connectivity index (χ1n) is 6.90. The first-order valence-corrected chi connectivity index (χ1v) is 6.90. The van der Waals surface area contributed by atoms with E-state index in [1.165, 1.54) is 13.0 Å². The molecule has 23 heavy (non-hydrogen) atoms. The molecule has 0 aliphatic rings. The maximum atomic E-state index is 11.4. The van der Waals surface area contributed by atoms with Crippen molar-refractivity contribution < 1.29 is 24.2 Å². The van der Waals surface area contributed by atoms with Crippen molar-refractivity contribution in [1.82, 2.24) is 0 Å². The lowest BCUT2D eigenvalue weighted by Gasteiger charge is -2.11. The number of carbonyl (C=O) groups excluding carboxylic acids is 1. The minimum absolute atomic E-state index is 0.0877. The molecule has 6 heteroatoms. The average molecular weight is 315 g/mol. The van der Waals surface area contributed by atoms with E-state index in [4.69, 9.17) is 9.47 Å². The van der Waals surface area contributed by atoms with Gasteiger partial charge in [-0.15, -0.1) is 0 Å². The van der Waals surface area contributed by atoms with E-state index < -0.39 is 5.97 Å². The summed E-state index contributed by atoms with van der Waals surface area (Å²) in [6, 6.07) is 11.7. The second-order valence-corrected chi connectivity index (χ2v) is 4.82. The van der Waals surface area contributed by atoms with Gasteiger partial charge < -0.3 is 19.9 Å². The summed E-state index contributed by atoms with van der Waals surface area (Å²) in [7, 11) is 1.58. The number of rotatable bonds is 6. The van der Waals surface area contributed by atoms with Crippen LogP contribution >= 0.6 is 0 Å². The van der Waals surface area contributed by atoms with Gasteiger partial charge in [0.2, 0.25) is 5.91 Å². The van der Waals surface area contributed by atoms with Gasteiger partial charge in [-0.25, -0.2) is 4.79 Å². The molecule has 0 saturated heterocycles. The zero-order chi connectivity index (χ0) is 16.8. The molecule has 0 aliphatic heterocycles. The van der Waals surface area contributed by atoms with E-state index in [9.17, 15) is 14.7 Å². The van der Waals surface area contributed by atoms with Crippen molar-refractivity contribution in [3.63, 3.8) is 0 Å². The monoisotopic (exact) mass is 315 g/mol. The number of aromatic carboxylic acids is 1. The third kappa shape index (κ3) is 4.47. The van der Waals surface area contributed by atoms with Crippen LogP contribution in [0.4, 0.5) is 5.69 Å². The summed E-state index contributed by atoms with van der Waals surface area (Å²) in [5.41, 5.74) is 1.04. The highest BCUT2D eigenvalue weighted by atomic mass is 16.5. The number of ether oxygens (including phenoxy) is 2. The number of methoxy groups -OCH3 is 1. The molecule has 2 aromatic rings. The van der Waals surface area contributed by atoms with Crippen molar-refractivity contribution in [1.29, 1.82) is 0 Å². The van der Waals surface area contributed by atoms with Gasteiger partial charge in [-0.1, -0.05) is 6.07 Å². The van der Waals surface area contributed by atoms with E-state index in [0.29, 0.717) is 22.7 Å². The standard InChI is InChI=1S/C17H17NO5/c1-11(19)18-13-4-3-12(16(9-13)17(20)21)10-23-15-7-5-14(22-2)6-8-15/h3-9H,10H2,1-2H3,(H,18,19)(H,20,21). The van der Waals surface area contributed by atoms with Crippen LogP contribution in [-0.2, 0) is 11.4 Å². The van der Waals surface area contributed by atoms with Crippen LogP contribution in [0.15, 0.2) is 42.5 Å². The summed E-state index contributed by atoms with van der Waals surface area (Å²) in [5.74, 6) is -0.0228. The lowest BCUT2D eigenvalue weighted by Crippen LogP contribution is -2.10. The number of benzene rings is 2. The number of amides is 1. The van der Waals surface area contributed by atoms with Gasteiger partial charge in [0.1, 0.15) is 18.1 Å². The number of anilines is 1. The van der Waals surface area contributed by atoms with Gasteiger partial charge in [-0.2, -0.15) is 0 Å². The Morgan fingerprint density at radius 1 is 1.09 bits per heavy atom. The minimum Gasteiger partial charge on any atom is -0.497 e. The summed E-state index contributed by atoms with van der Waals surface area (Å²) in [4.78, 5) is 22.4. The van der Waals surface area contributed by atoms with E-state index in [1.807, 2.05) is 0 Å². The Kier molecular flexibility index (Phi) is 5.19. The molecule has 2 rings (SSSR count). The van der Waals surface area contributed by atoms with Crippen molar-refractivity contribution in [2.24, 2.45) is 0 Å². The molecule has 0 unspecified atom stereocenters. The predicted molar refractivity (Wildman–Crippen MR) is 85.0 cm³/mol. The molecule has 0 aromatic heterocycles. The highest BCUT2D eigenvalue weighted by molar-refractivity contribution is 5.93. The summed E-state index contributed by atoms with van der Waals surface area (Å²) in [5, 5.41) is 11.9. The molecule has 0 saturated carbocycles. The highest BCUT2D eigenvalue weighted by Crippen LogP contribution is 2.21. The van der Waals surface area contributed by atoms with Gasteiger partial charge in [0, 0.05) is 18.2 Å². The number of carboxylic acid groups (broad SMARTS) is 1. The predicted octanol–water partition coefficient (Wildman–Crippen LogP) is 2.93. The highest BCUT2D eigenvalue weighted by Gasteiger charge is 2.12. The SMILES string of the molecule is COc1ccc(OCc2ccc(NC(C)=O)cc2C(=O)O)cc1. The molecule has 120 valence electrons. The van der Waals surface area contributed by atoms with Crippen LogP contribution in [0.5, 0.6) is 11.5 Å². The molecule has 0 radical (unpaired) electrons. The second-order valence-electron chi connectivity index (χ2n) is 4.82. The largest absolute Gasteiger partial charge is 0.497 e. The third-order valence-electron chi connectivity index (χ3n) is 3.11.